The van der Waals surface area contributed by atoms with E-state index in [1.165, 1.54) is 12.1 Å². The van der Waals surface area contributed by atoms with Crippen molar-refractivity contribution in [1.82, 2.24) is 4.90 Å². The van der Waals surface area contributed by atoms with E-state index in [-0.39, 0.29) is 24.0 Å². The van der Waals surface area contributed by atoms with Gasteiger partial charge >= 0.3 is 6.18 Å². The van der Waals surface area contributed by atoms with Gasteiger partial charge in [-0.25, -0.2) is 4.39 Å². The molecule has 0 N–H and O–H groups in total. The highest BCUT2D eigenvalue weighted by atomic mass is 35.5. The minimum absolute atomic E-state index is 0.0201. The molecule has 0 atom stereocenters. The Morgan fingerprint density at radius 1 is 1.22 bits per heavy atom. The van der Waals surface area contributed by atoms with Gasteiger partial charge in [0.25, 0.3) is 0 Å². The van der Waals surface area contributed by atoms with Crippen LogP contribution in [0.4, 0.5) is 17.6 Å². The Labute approximate surface area is 112 Å². The number of nitrogens with zero attached hydrogens (tertiary/aromatic N) is 1. The zero-order chi connectivity index (χ0) is 13.8. The lowest BCUT2D eigenvalue weighted by atomic mass is 10.2. The van der Waals surface area contributed by atoms with Crippen molar-refractivity contribution in [3.63, 3.8) is 0 Å². The van der Waals surface area contributed by atoms with Crippen molar-refractivity contribution in [2.24, 2.45) is 0 Å². The van der Waals surface area contributed by atoms with E-state index in [0.717, 1.165) is 11.0 Å². The molecule has 0 aliphatic rings. The maximum absolute atomic E-state index is 12.9. The standard InChI is InChI=1S/C11H11Cl2F4N/c12-3-4-18(7-11(15,16)17)6-8-1-2-10(14)9(13)5-8/h1-2,5H,3-4,6-7H2. The molecule has 0 aliphatic heterocycles. The Morgan fingerprint density at radius 2 is 1.89 bits per heavy atom. The second kappa shape index (κ2) is 6.59. The molecule has 0 fully saturated rings. The molecule has 102 valence electrons. The van der Waals surface area contributed by atoms with Crippen LogP contribution in [0.5, 0.6) is 0 Å². The molecule has 0 unspecified atom stereocenters. The molecular formula is C11H11Cl2F4N. The maximum Gasteiger partial charge on any atom is 0.401 e. The first-order chi connectivity index (χ1) is 8.31. The van der Waals surface area contributed by atoms with Gasteiger partial charge in [0.05, 0.1) is 11.6 Å². The van der Waals surface area contributed by atoms with Crippen molar-refractivity contribution < 1.29 is 17.6 Å². The Hall–Kier alpha value is -0.520. The van der Waals surface area contributed by atoms with Gasteiger partial charge in [0.1, 0.15) is 5.82 Å². The minimum atomic E-state index is -4.30. The third-order valence-corrected chi connectivity index (χ3v) is 2.65. The summed E-state index contributed by atoms with van der Waals surface area (Å²) in [5.74, 6) is -0.509. The van der Waals surface area contributed by atoms with E-state index < -0.39 is 18.5 Å². The van der Waals surface area contributed by atoms with Crippen LogP contribution < -0.4 is 0 Å². The van der Waals surface area contributed by atoms with Gasteiger partial charge in [0, 0.05) is 19.0 Å². The minimum Gasteiger partial charge on any atom is -0.290 e. The molecule has 0 aliphatic carbocycles. The van der Waals surface area contributed by atoms with Gasteiger partial charge in [0.15, 0.2) is 0 Å². The summed E-state index contributed by atoms with van der Waals surface area (Å²) >= 11 is 11.0. The van der Waals surface area contributed by atoms with Gasteiger partial charge < -0.3 is 0 Å². The summed E-state index contributed by atoms with van der Waals surface area (Å²) in [6.07, 6.45) is -4.30. The lowest BCUT2D eigenvalue weighted by molar-refractivity contribution is -0.146. The molecule has 0 aromatic heterocycles. The molecule has 7 heteroatoms. The fourth-order valence-electron chi connectivity index (χ4n) is 1.48. The van der Waals surface area contributed by atoms with Crippen molar-refractivity contribution in [3.05, 3.63) is 34.6 Å². The first-order valence-electron chi connectivity index (χ1n) is 5.11. The van der Waals surface area contributed by atoms with E-state index in [2.05, 4.69) is 0 Å². The van der Waals surface area contributed by atoms with Crippen LogP contribution in [0, 0.1) is 5.82 Å². The lowest BCUT2D eigenvalue weighted by Gasteiger charge is -2.22. The second-order valence-corrected chi connectivity index (χ2v) is 4.55. The Bertz CT molecular complexity index is 395. The molecule has 0 saturated heterocycles. The van der Waals surface area contributed by atoms with Gasteiger partial charge in [0.2, 0.25) is 0 Å². The normalized spacial score (nSPS) is 12.2. The fourth-order valence-corrected chi connectivity index (χ4v) is 1.93. The predicted octanol–water partition coefficient (Wildman–Crippen LogP) is 4.08. The average molecular weight is 304 g/mol. The van der Waals surface area contributed by atoms with E-state index in [1.54, 1.807) is 0 Å². The quantitative estimate of drug-likeness (QED) is 0.585. The van der Waals surface area contributed by atoms with Crippen LogP contribution in [0.1, 0.15) is 5.56 Å². The summed E-state index contributed by atoms with van der Waals surface area (Å²) in [5.41, 5.74) is 0.510. The number of hydrogen-bond acceptors (Lipinski definition) is 1. The third-order valence-electron chi connectivity index (χ3n) is 2.19. The number of benzene rings is 1. The molecule has 1 aromatic rings. The number of hydrogen-bond donors (Lipinski definition) is 0. The zero-order valence-electron chi connectivity index (χ0n) is 9.28. The van der Waals surface area contributed by atoms with Crippen LogP contribution in [-0.2, 0) is 6.54 Å². The SMILES string of the molecule is Fc1ccc(CN(CCCl)CC(F)(F)F)cc1Cl. The molecule has 0 radical (unpaired) electrons. The van der Waals surface area contributed by atoms with Crippen molar-refractivity contribution >= 4 is 23.2 Å². The van der Waals surface area contributed by atoms with Crippen LogP contribution in [0.3, 0.4) is 0 Å². The summed E-state index contributed by atoms with van der Waals surface area (Å²) in [4.78, 5) is 1.14. The second-order valence-electron chi connectivity index (χ2n) is 3.76. The smallest absolute Gasteiger partial charge is 0.290 e. The van der Waals surface area contributed by atoms with E-state index in [9.17, 15) is 17.6 Å². The monoisotopic (exact) mass is 303 g/mol. The first kappa shape index (κ1) is 15.5. The Morgan fingerprint density at radius 3 is 2.39 bits per heavy atom. The number of halogens is 6. The van der Waals surface area contributed by atoms with E-state index in [4.69, 9.17) is 23.2 Å². The maximum atomic E-state index is 12.9. The van der Waals surface area contributed by atoms with Gasteiger partial charge in [-0.1, -0.05) is 17.7 Å². The highest BCUT2D eigenvalue weighted by molar-refractivity contribution is 6.30. The molecule has 0 amide bonds. The van der Waals surface area contributed by atoms with Crippen LogP contribution >= 0.6 is 23.2 Å². The molecule has 1 aromatic carbocycles. The first-order valence-corrected chi connectivity index (χ1v) is 6.02. The Balaban J connectivity index is 2.73. The topological polar surface area (TPSA) is 3.24 Å². The molecule has 0 spiro atoms. The molecule has 1 nitrogen and oxygen atoms in total. The van der Waals surface area contributed by atoms with Gasteiger partial charge in [-0.3, -0.25) is 4.90 Å². The summed E-state index contributed by atoms with van der Waals surface area (Å²) in [5, 5.41) is -0.106. The highest BCUT2D eigenvalue weighted by Crippen LogP contribution is 2.20. The van der Waals surface area contributed by atoms with E-state index in [0.29, 0.717) is 5.56 Å². The number of alkyl halides is 4. The summed E-state index contributed by atoms with van der Waals surface area (Å²) in [6.45, 7) is -0.947. The van der Waals surface area contributed by atoms with Gasteiger partial charge in [-0.05, 0) is 17.7 Å². The summed E-state index contributed by atoms with van der Waals surface area (Å²) in [7, 11) is 0. The van der Waals surface area contributed by atoms with Crippen molar-refractivity contribution in [3.8, 4) is 0 Å². The van der Waals surface area contributed by atoms with E-state index in [1.807, 2.05) is 0 Å². The molecule has 0 saturated carbocycles. The molecule has 1 rings (SSSR count). The lowest BCUT2D eigenvalue weighted by Crippen LogP contribution is -2.35. The highest BCUT2D eigenvalue weighted by Gasteiger charge is 2.30. The molecule has 0 heterocycles. The zero-order valence-corrected chi connectivity index (χ0v) is 10.8. The van der Waals surface area contributed by atoms with Crippen molar-refractivity contribution in [2.75, 3.05) is 19.0 Å². The van der Waals surface area contributed by atoms with Gasteiger partial charge in [-0.15, -0.1) is 11.6 Å². The summed E-state index contributed by atoms with van der Waals surface area (Å²) in [6, 6.07) is 3.84. The molecule has 18 heavy (non-hydrogen) atoms. The van der Waals surface area contributed by atoms with Crippen molar-refractivity contribution in [2.45, 2.75) is 12.7 Å². The van der Waals surface area contributed by atoms with Crippen LogP contribution in [0.25, 0.3) is 0 Å². The van der Waals surface area contributed by atoms with Crippen LogP contribution in [0.2, 0.25) is 5.02 Å². The summed E-state index contributed by atoms with van der Waals surface area (Å²) < 4.78 is 49.8. The fraction of sp³-hybridized carbons (Fsp3) is 0.455. The molecular weight excluding hydrogens is 293 g/mol. The van der Waals surface area contributed by atoms with E-state index >= 15 is 0 Å². The third kappa shape index (κ3) is 5.42. The predicted molar refractivity (Wildman–Crippen MR) is 63.5 cm³/mol. The van der Waals surface area contributed by atoms with Crippen molar-refractivity contribution in [1.29, 1.82) is 0 Å². The van der Waals surface area contributed by atoms with Crippen LogP contribution in [0.15, 0.2) is 18.2 Å². The Kier molecular flexibility index (Phi) is 5.69. The number of rotatable bonds is 5. The molecule has 0 bridgehead atoms. The average Bonchev–Trinajstić information content (AvgIpc) is 2.21. The van der Waals surface area contributed by atoms with Gasteiger partial charge in [-0.2, -0.15) is 13.2 Å². The largest absolute Gasteiger partial charge is 0.401 e. The van der Waals surface area contributed by atoms with Crippen LogP contribution in [-0.4, -0.2) is 30.0 Å².